The van der Waals surface area contributed by atoms with Gasteiger partial charge in [0.05, 0.1) is 24.8 Å². The van der Waals surface area contributed by atoms with Crippen LogP contribution in [0.4, 0.5) is 10.1 Å². The van der Waals surface area contributed by atoms with E-state index < -0.39 is 34.3 Å². The molecule has 0 radical (unpaired) electrons. The number of carbonyl (C=O) groups excluding carboxylic acids is 2. The van der Waals surface area contributed by atoms with Crippen LogP contribution in [-0.2, 0) is 32.6 Å². The topological polar surface area (TPSA) is 105 Å². The van der Waals surface area contributed by atoms with E-state index >= 15 is 4.39 Å². The minimum atomic E-state index is -4.33. The number of anilines is 1. The number of methoxy groups -OCH3 is 2. The number of hydrogen-bond donors (Lipinski definition) is 1. The normalized spacial score (nSPS) is 13.8. The van der Waals surface area contributed by atoms with Crippen molar-refractivity contribution in [3.05, 3.63) is 120 Å². The molecule has 2 amide bonds. The molecule has 11 heteroatoms. The highest BCUT2D eigenvalue weighted by molar-refractivity contribution is 7.92. The molecular formula is C38H42FN3O6S. The van der Waals surface area contributed by atoms with E-state index in [0.717, 1.165) is 41.1 Å². The number of amides is 2. The number of carbonyl (C=O) groups is 2. The van der Waals surface area contributed by atoms with Crippen LogP contribution >= 0.6 is 0 Å². The van der Waals surface area contributed by atoms with Gasteiger partial charge in [0.1, 0.15) is 18.4 Å². The van der Waals surface area contributed by atoms with Crippen molar-refractivity contribution in [3.8, 4) is 11.5 Å². The first-order valence-electron chi connectivity index (χ1n) is 16.3. The molecule has 0 aliphatic heterocycles. The van der Waals surface area contributed by atoms with Crippen LogP contribution in [0.5, 0.6) is 11.5 Å². The summed E-state index contributed by atoms with van der Waals surface area (Å²) in [6, 6.07) is 25.1. The second-order valence-electron chi connectivity index (χ2n) is 12.2. The molecule has 4 aromatic rings. The lowest BCUT2D eigenvalue weighted by atomic mass is 10.0. The first-order chi connectivity index (χ1) is 23.6. The van der Waals surface area contributed by atoms with Crippen molar-refractivity contribution >= 4 is 27.5 Å². The molecule has 1 atom stereocenters. The van der Waals surface area contributed by atoms with Gasteiger partial charge in [-0.25, -0.2) is 12.8 Å². The van der Waals surface area contributed by atoms with E-state index in [0.29, 0.717) is 5.75 Å². The Hall–Kier alpha value is -4.90. The van der Waals surface area contributed by atoms with Gasteiger partial charge in [-0.1, -0.05) is 79.1 Å². The molecule has 1 N–H and O–H groups in total. The van der Waals surface area contributed by atoms with E-state index in [1.807, 2.05) is 37.3 Å². The van der Waals surface area contributed by atoms with Crippen LogP contribution in [0.15, 0.2) is 102 Å². The largest absolute Gasteiger partial charge is 0.493 e. The highest BCUT2D eigenvalue weighted by Crippen LogP contribution is 2.34. The summed E-state index contributed by atoms with van der Waals surface area (Å²) in [5.74, 6) is -0.967. The lowest BCUT2D eigenvalue weighted by Gasteiger charge is -2.34. The number of rotatable bonds is 14. The molecule has 0 aromatic heterocycles. The number of hydrogen-bond acceptors (Lipinski definition) is 6. The molecule has 49 heavy (non-hydrogen) atoms. The highest BCUT2D eigenvalue weighted by Gasteiger charge is 2.36. The summed E-state index contributed by atoms with van der Waals surface area (Å²) >= 11 is 0. The molecule has 1 aliphatic carbocycles. The van der Waals surface area contributed by atoms with E-state index in [1.165, 1.54) is 49.5 Å². The van der Waals surface area contributed by atoms with Crippen LogP contribution in [0, 0.1) is 12.7 Å². The second kappa shape index (κ2) is 16.0. The van der Waals surface area contributed by atoms with Gasteiger partial charge in [0.2, 0.25) is 11.8 Å². The number of nitrogens with one attached hydrogen (secondary N) is 1. The van der Waals surface area contributed by atoms with Crippen LogP contribution in [0.3, 0.4) is 0 Å². The third kappa shape index (κ3) is 8.58. The monoisotopic (exact) mass is 687 g/mol. The fraction of sp³-hybridized carbons (Fsp3) is 0.316. The molecule has 1 fully saturated rings. The molecule has 9 nitrogen and oxygen atoms in total. The summed E-state index contributed by atoms with van der Waals surface area (Å²) in [6.07, 6.45) is 3.77. The van der Waals surface area contributed by atoms with Gasteiger partial charge in [-0.3, -0.25) is 13.9 Å². The molecule has 1 aliphatic rings. The Kier molecular flexibility index (Phi) is 11.6. The lowest BCUT2D eigenvalue weighted by Crippen LogP contribution is -2.54. The second-order valence-corrected chi connectivity index (χ2v) is 14.0. The fourth-order valence-corrected chi connectivity index (χ4v) is 7.48. The number of benzene rings is 4. The Morgan fingerprint density at radius 2 is 1.53 bits per heavy atom. The maximum Gasteiger partial charge on any atom is 0.264 e. The van der Waals surface area contributed by atoms with Gasteiger partial charge in [-0.05, 0) is 55.7 Å². The zero-order chi connectivity index (χ0) is 35.0. The fourth-order valence-electron chi connectivity index (χ4n) is 6.08. The molecule has 0 spiro atoms. The minimum Gasteiger partial charge on any atom is -0.493 e. The SMILES string of the molecule is COc1ccc(N(CC(=O)N(Cc2ccccc2F)[C@H](Cc2ccccc2)C(=O)NC2CCCC2)S(=O)(=O)c2ccc(C)cc2)cc1OC. The van der Waals surface area contributed by atoms with Gasteiger partial charge < -0.3 is 19.7 Å². The van der Waals surface area contributed by atoms with Crippen molar-refractivity contribution in [3.63, 3.8) is 0 Å². The van der Waals surface area contributed by atoms with Crippen molar-refractivity contribution in [2.75, 3.05) is 25.1 Å². The zero-order valence-corrected chi connectivity index (χ0v) is 28.8. The third-order valence-corrected chi connectivity index (χ3v) is 10.6. The maximum absolute atomic E-state index is 15.2. The number of halogens is 1. The number of nitrogens with zero attached hydrogens (tertiary/aromatic N) is 2. The summed E-state index contributed by atoms with van der Waals surface area (Å²) < 4.78 is 55.7. The average Bonchev–Trinajstić information content (AvgIpc) is 3.62. The van der Waals surface area contributed by atoms with E-state index in [1.54, 1.807) is 36.4 Å². The highest BCUT2D eigenvalue weighted by atomic mass is 32.2. The number of sulfonamides is 1. The van der Waals surface area contributed by atoms with Crippen LogP contribution in [0.1, 0.15) is 42.4 Å². The summed E-state index contributed by atoms with van der Waals surface area (Å²) in [4.78, 5) is 30.1. The summed E-state index contributed by atoms with van der Waals surface area (Å²) in [7, 11) is -1.44. The molecule has 0 heterocycles. The Labute approximate surface area is 287 Å². The van der Waals surface area contributed by atoms with E-state index in [-0.39, 0.29) is 46.8 Å². The number of aryl methyl sites for hydroxylation is 1. The van der Waals surface area contributed by atoms with Gasteiger partial charge in [-0.2, -0.15) is 0 Å². The Morgan fingerprint density at radius 1 is 0.878 bits per heavy atom. The van der Waals surface area contributed by atoms with Gasteiger partial charge in [0.15, 0.2) is 11.5 Å². The summed E-state index contributed by atoms with van der Waals surface area (Å²) in [6.45, 7) is 0.906. The minimum absolute atomic E-state index is 0.0267. The van der Waals surface area contributed by atoms with Crippen molar-refractivity contribution < 1.29 is 31.9 Å². The van der Waals surface area contributed by atoms with E-state index in [9.17, 15) is 18.0 Å². The summed E-state index contributed by atoms with van der Waals surface area (Å²) in [5, 5.41) is 3.12. The maximum atomic E-state index is 15.2. The van der Waals surface area contributed by atoms with Gasteiger partial charge in [0.25, 0.3) is 10.0 Å². The van der Waals surface area contributed by atoms with Crippen molar-refractivity contribution in [1.82, 2.24) is 10.2 Å². The molecule has 0 unspecified atom stereocenters. The first-order valence-corrected chi connectivity index (χ1v) is 17.7. The molecule has 0 bridgehead atoms. The van der Waals surface area contributed by atoms with Gasteiger partial charge in [-0.15, -0.1) is 0 Å². The molecule has 4 aromatic carbocycles. The molecule has 5 rings (SSSR count). The predicted molar refractivity (Wildman–Crippen MR) is 187 cm³/mol. The Balaban J connectivity index is 1.60. The number of ether oxygens (including phenoxy) is 2. The van der Waals surface area contributed by atoms with Crippen LogP contribution in [0.2, 0.25) is 0 Å². The Morgan fingerprint density at radius 3 is 2.18 bits per heavy atom. The molecule has 1 saturated carbocycles. The average molecular weight is 688 g/mol. The standard InChI is InChI=1S/C38H42FN3O6S/c1-27-17-20-32(21-18-27)49(45,46)42(31-19-22-35(47-2)36(24-31)48-3)26-37(43)41(25-29-13-7-10-16-33(29)39)34(23-28-11-5-4-6-12-28)38(44)40-30-14-8-9-15-30/h4-7,10-13,16-22,24,30,34H,8-9,14-15,23,25-26H2,1-3H3,(H,40,44)/t34-/m1/s1. The van der Waals surface area contributed by atoms with Crippen LogP contribution in [0.25, 0.3) is 0 Å². The molecule has 0 saturated heterocycles. The van der Waals surface area contributed by atoms with Crippen molar-refractivity contribution in [2.24, 2.45) is 0 Å². The van der Waals surface area contributed by atoms with E-state index in [2.05, 4.69) is 5.32 Å². The van der Waals surface area contributed by atoms with Crippen molar-refractivity contribution in [1.29, 1.82) is 0 Å². The summed E-state index contributed by atoms with van der Waals surface area (Å²) in [5.41, 5.74) is 2.00. The quantitative estimate of drug-likeness (QED) is 0.173. The smallest absolute Gasteiger partial charge is 0.264 e. The lowest BCUT2D eigenvalue weighted by molar-refractivity contribution is -0.140. The third-order valence-electron chi connectivity index (χ3n) is 8.81. The van der Waals surface area contributed by atoms with E-state index in [4.69, 9.17) is 9.47 Å². The van der Waals surface area contributed by atoms with Crippen LogP contribution in [-0.4, -0.2) is 58.0 Å². The van der Waals surface area contributed by atoms with Gasteiger partial charge in [0, 0.05) is 30.6 Å². The van der Waals surface area contributed by atoms with Crippen molar-refractivity contribution in [2.45, 2.75) is 62.6 Å². The van der Waals surface area contributed by atoms with Crippen LogP contribution < -0.4 is 19.1 Å². The predicted octanol–water partition coefficient (Wildman–Crippen LogP) is 6.05. The van der Waals surface area contributed by atoms with Gasteiger partial charge >= 0.3 is 0 Å². The Bertz CT molecular complexity index is 1850. The molecular weight excluding hydrogens is 645 g/mol. The molecule has 258 valence electrons. The zero-order valence-electron chi connectivity index (χ0n) is 28.0. The first kappa shape index (κ1) is 35.4.